The van der Waals surface area contributed by atoms with Crippen LogP contribution in [0.3, 0.4) is 0 Å². The second kappa shape index (κ2) is 43.8. The summed E-state index contributed by atoms with van der Waals surface area (Å²) in [6, 6.07) is 35.0. The van der Waals surface area contributed by atoms with Crippen LogP contribution < -0.4 is 16.4 Å². The maximum Gasteiger partial charge on any atom is 0.302 e. The minimum atomic E-state index is -0.284. The average molecular weight is 1820 g/mol. The van der Waals surface area contributed by atoms with Crippen LogP contribution in [0.15, 0.2) is 163 Å². The lowest BCUT2D eigenvalue weighted by Crippen LogP contribution is -2.53. The maximum atomic E-state index is 12.8. The SMILES string of the molecule is C=C1CC[C@H]2[C@H](CN)[C@@H]([C@@]3(C)CC[C@H](C)C[C@@H]3COC(C)=O)CC[C@]12C.C=C1CC[C@H]2[C@H](CN=[N+]=[N-])[C@@H]([C@@]3(C)CC[C@H](C)C[C@@H]3COC(C)=O)CC[C@]12C.C=C1CC[C@H]2[C@H](CNCc3ccc(C(=O)c4ccccc4)cc3)[C@@H]([C@@]3(C)CC[C@H](C)C[C@@H]3COC(C)=O)CC[C@]12C.C=C1CC[C@H]2[C@H](CNCc3ccc(C(=O)c4ccccc4)cc3)[C@@H]([C@@]3(C)CC[C@H](O)C[C@@H]3CO)CC[C@]12C. The van der Waals surface area contributed by atoms with Gasteiger partial charge in [-0.05, 0) is 353 Å². The number of rotatable bonds is 26. The van der Waals surface area contributed by atoms with Crippen LogP contribution >= 0.6 is 0 Å². The van der Waals surface area contributed by atoms with Crippen molar-refractivity contribution in [2.24, 2.45) is 167 Å². The van der Waals surface area contributed by atoms with E-state index in [1.54, 1.807) is 0 Å². The van der Waals surface area contributed by atoms with Crippen molar-refractivity contribution in [3.63, 3.8) is 0 Å². The van der Waals surface area contributed by atoms with Crippen LogP contribution in [-0.4, -0.2) is 98.4 Å². The van der Waals surface area contributed by atoms with E-state index in [-0.39, 0.29) is 86.0 Å². The Morgan fingerprint density at radius 2 is 0.707 bits per heavy atom. The molecule has 0 aliphatic heterocycles. The van der Waals surface area contributed by atoms with E-state index in [2.05, 4.69) is 147 Å². The van der Waals surface area contributed by atoms with Crippen LogP contribution in [0.4, 0.5) is 0 Å². The van der Waals surface area contributed by atoms with Crippen molar-refractivity contribution < 1.29 is 48.4 Å². The highest BCUT2D eigenvalue weighted by atomic mass is 16.5. The molecule has 133 heavy (non-hydrogen) atoms. The average Bonchev–Trinajstić information content (AvgIpc) is 1.68. The molecule has 12 saturated carbocycles. The Bertz CT molecular complexity index is 4740. The third kappa shape index (κ3) is 22.1. The molecule has 4 aromatic rings. The standard InChI is InChI=1S/C37H49NO3.C34H45NO3.C23H37N3O2.C23H39NO2/c1-25-17-19-37(5,31(21-25)24-41-27(3)39)34-18-20-36(4)26(2)11-16-33(36)32(34)23-38-22-28-12-14-30(15-13-28)35(40)29-9-7-6-8-10-29;1-23-9-14-30-29(31(16-18-33(23,30)2)34(3)17-15-28(37)19-27(34)22-36)21-35-20-24-10-12-26(13-11-24)32(38)25-7-5-4-6-8-25;1-15-8-10-23(5,18(12-15)14-28-17(3)27)21-9-11-22(4)16(2)6-7-20(22)19(21)13-25-26-24;1-15-8-10-23(5,18(12-15)14-26-17(3)25)21-9-11-22(4)16(2)6-7-20(22)19(21)13-24/h6-10,12-15,25,31-34,38H,2,11,16-24H2,1,3-5H3;4-8,10-13,27-31,35-37H,1,9,14-22H2,2-3H3;15,18-21H,2,6-14H2,1,3-5H3;15,18-21H,2,6-14,24H2,1,3-5H3/t25-,31+,32-,33-,34-,36+,37-;27-,28+,29+,30+,31+,33-,34+;2*15-,18+,19-,20-,21-,22+,23-/m0100/s1. The molecular formula is C117H170N6O10. The molecule has 0 saturated heterocycles. The summed E-state index contributed by atoms with van der Waals surface area (Å²) in [6.07, 6.45) is 32.1. The van der Waals surface area contributed by atoms with E-state index in [1.807, 2.05) is 84.9 Å². The first kappa shape index (κ1) is 103. The summed E-state index contributed by atoms with van der Waals surface area (Å²) >= 11 is 0. The van der Waals surface area contributed by atoms with Crippen LogP contribution in [0.25, 0.3) is 10.4 Å². The first-order chi connectivity index (χ1) is 63.3. The Kier molecular flexibility index (Phi) is 34.0. The van der Waals surface area contributed by atoms with E-state index >= 15 is 0 Å². The van der Waals surface area contributed by atoms with Crippen molar-refractivity contribution in [3.8, 4) is 0 Å². The van der Waals surface area contributed by atoms with Gasteiger partial charge in [0.1, 0.15) is 0 Å². The molecular weight excluding hydrogens is 1650 g/mol. The molecule has 16 nitrogen and oxygen atoms in total. The molecule has 16 rings (SSSR count). The molecule has 16 heteroatoms. The van der Waals surface area contributed by atoms with Crippen molar-refractivity contribution in [2.45, 2.75) is 296 Å². The van der Waals surface area contributed by atoms with E-state index in [9.17, 15) is 34.2 Å². The number of hydrogen-bond acceptors (Lipinski definition) is 14. The highest BCUT2D eigenvalue weighted by Crippen LogP contribution is 2.69. The van der Waals surface area contributed by atoms with Gasteiger partial charge in [-0.2, -0.15) is 0 Å². The van der Waals surface area contributed by atoms with Crippen molar-refractivity contribution in [2.75, 3.05) is 52.6 Å². The van der Waals surface area contributed by atoms with Crippen LogP contribution in [0.2, 0.25) is 0 Å². The molecule has 12 fully saturated rings. The van der Waals surface area contributed by atoms with Crippen LogP contribution in [0.5, 0.6) is 0 Å². The number of fused-ring (bicyclic) bond motifs is 4. The Morgan fingerprint density at radius 1 is 0.406 bits per heavy atom. The number of hydrogen-bond donors (Lipinski definition) is 5. The van der Waals surface area contributed by atoms with E-state index in [4.69, 9.17) is 25.5 Å². The first-order valence-corrected chi connectivity index (χ1v) is 52.2. The lowest BCUT2D eigenvalue weighted by atomic mass is 9.49. The molecule has 12 aliphatic rings. The smallest absolute Gasteiger partial charge is 0.302 e. The summed E-state index contributed by atoms with van der Waals surface area (Å²) in [5, 5.41) is 32.4. The number of ketones is 2. The van der Waals surface area contributed by atoms with Gasteiger partial charge in [-0.3, -0.25) is 24.0 Å². The molecule has 0 spiro atoms. The summed E-state index contributed by atoms with van der Waals surface area (Å²) in [5.74, 6) is 9.89. The number of nitrogens with zero attached hydrogens (tertiary/aromatic N) is 3. The van der Waals surface area contributed by atoms with Gasteiger partial charge in [-0.15, -0.1) is 0 Å². The zero-order valence-electron chi connectivity index (χ0n) is 84.2. The van der Waals surface area contributed by atoms with Gasteiger partial charge >= 0.3 is 17.9 Å². The van der Waals surface area contributed by atoms with E-state index < -0.39 is 0 Å². The third-order valence-corrected chi connectivity index (χ3v) is 40.1. The Morgan fingerprint density at radius 3 is 1.03 bits per heavy atom. The minimum absolute atomic E-state index is 0.0467. The van der Waals surface area contributed by atoms with Crippen LogP contribution in [-0.2, 0) is 41.7 Å². The quantitative estimate of drug-likeness (QED) is 0.00747. The highest BCUT2D eigenvalue weighted by molar-refractivity contribution is 6.09. The van der Waals surface area contributed by atoms with Crippen molar-refractivity contribution in [1.82, 2.24) is 10.6 Å². The van der Waals surface area contributed by atoms with E-state index in [1.165, 1.54) is 170 Å². The fraction of sp³-hybridized carbons (Fsp3) is 0.684. The number of esters is 3. The summed E-state index contributed by atoms with van der Waals surface area (Å²) < 4.78 is 16.7. The fourth-order valence-electron chi connectivity index (χ4n) is 31.1. The molecule has 728 valence electrons. The van der Waals surface area contributed by atoms with Gasteiger partial charge in [0.2, 0.25) is 0 Å². The zero-order chi connectivity index (χ0) is 95.8. The number of aliphatic hydroxyl groups excluding tert-OH is 2. The number of benzene rings is 4. The number of ether oxygens (including phenoxy) is 3. The molecule has 0 unspecified atom stereocenters. The Labute approximate surface area is 800 Å². The summed E-state index contributed by atoms with van der Waals surface area (Å²) in [6.45, 7) is 55.6. The minimum Gasteiger partial charge on any atom is -0.466 e. The Balaban J connectivity index is 0.000000153. The van der Waals surface area contributed by atoms with Crippen molar-refractivity contribution in [3.05, 3.63) is 202 Å². The highest BCUT2D eigenvalue weighted by Gasteiger charge is 2.62. The lowest BCUT2D eigenvalue weighted by molar-refractivity contribution is -0.149. The number of carbonyl (C=O) groups is 5. The fourth-order valence-corrected chi connectivity index (χ4v) is 31.1. The molecule has 6 N–H and O–H groups in total. The molecule has 0 aromatic heterocycles. The first-order valence-electron chi connectivity index (χ1n) is 52.2. The predicted octanol–water partition coefficient (Wildman–Crippen LogP) is 25.4. The van der Waals surface area contributed by atoms with E-state index in [0.29, 0.717) is 144 Å². The molecule has 4 aromatic carbocycles. The molecule has 12 aliphatic carbocycles. The molecule has 0 radical (unpaired) electrons. The summed E-state index contributed by atoms with van der Waals surface area (Å²) in [7, 11) is 0. The van der Waals surface area contributed by atoms with Gasteiger partial charge in [0.25, 0.3) is 0 Å². The maximum absolute atomic E-state index is 12.8. The van der Waals surface area contributed by atoms with Crippen molar-refractivity contribution >= 4 is 29.5 Å². The van der Waals surface area contributed by atoms with Gasteiger partial charge in [0, 0.05) is 74.2 Å². The number of allylic oxidation sites excluding steroid dienone is 4. The van der Waals surface area contributed by atoms with Gasteiger partial charge in [0.05, 0.1) is 25.9 Å². The molecule has 0 amide bonds. The topological polar surface area (TPSA) is 252 Å². The molecule has 0 bridgehead atoms. The van der Waals surface area contributed by atoms with Gasteiger partial charge in [-0.25, -0.2) is 0 Å². The van der Waals surface area contributed by atoms with E-state index in [0.717, 1.165) is 113 Å². The number of carbonyl (C=O) groups excluding carboxylic acids is 5. The monoisotopic (exact) mass is 1820 g/mol. The van der Waals surface area contributed by atoms with Gasteiger partial charge < -0.3 is 40.8 Å². The zero-order valence-corrected chi connectivity index (χ0v) is 84.2. The third-order valence-electron chi connectivity index (χ3n) is 40.1. The number of aliphatic hydroxyl groups is 2. The second-order valence-electron chi connectivity index (χ2n) is 47.1. The van der Waals surface area contributed by atoms with Crippen LogP contribution in [0.1, 0.15) is 320 Å². The lowest BCUT2D eigenvalue weighted by Gasteiger charge is -2.57. The van der Waals surface area contributed by atoms with Gasteiger partial charge in [0.15, 0.2) is 11.6 Å². The largest absolute Gasteiger partial charge is 0.466 e. The van der Waals surface area contributed by atoms with Gasteiger partial charge in [-0.1, -0.05) is 258 Å². The molecule has 28 atom stereocenters. The summed E-state index contributed by atoms with van der Waals surface area (Å²) in [5.41, 5.74) is 27.9. The molecule has 0 heterocycles. The van der Waals surface area contributed by atoms with Crippen molar-refractivity contribution in [1.29, 1.82) is 0 Å². The normalized spacial score (nSPS) is 38.4. The second-order valence-corrected chi connectivity index (χ2v) is 47.1. The van der Waals surface area contributed by atoms with Crippen LogP contribution in [0, 0.1) is 156 Å². The predicted molar refractivity (Wildman–Crippen MR) is 536 cm³/mol. The number of azide groups is 1. The number of nitrogens with two attached hydrogens (primary N) is 1. The number of nitrogens with one attached hydrogen (secondary N) is 2. The Hall–Kier alpha value is -7.30. The summed E-state index contributed by atoms with van der Waals surface area (Å²) in [4.78, 5) is 63.5.